The van der Waals surface area contributed by atoms with Crippen LogP contribution in [0.4, 0.5) is 0 Å². The van der Waals surface area contributed by atoms with Gasteiger partial charge in [-0.2, -0.15) is 0 Å². The second-order valence-corrected chi connectivity index (χ2v) is 11.4. The largest absolute Gasteiger partial charge is 0.347 e. The second kappa shape index (κ2) is 3.48. The molecule has 0 radical (unpaired) electrons. The molecule has 0 aromatic heterocycles. The Morgan fingerprint density at radius 3 is 2.30 bits per heavy atom. The lowest BCUT2D eigenvalue weighted by molar-refractivity contribution is 0.724. The predicted molar refractivity (Wildman–Crippen MR) is 50.1 cm³/mol. The molecule has 0 fully saturated rings. The molecule has 0 heterocycles. The highest BCUT2D eigenvalue weighted by Crippen LogP contribution is 2.40. The fraction of sp³-hybridized carbons (Fsp3) is 0.667. The van der Waals surface area contributed by atoms with E-state index in [9.17, 15) is 0 Å². The molecule has 58 valence electrons. The van der Waals surface area contributed by atoms with Crippen molar-refractivity contribution in [2.45, 2.75) is 24.8 Å². The summed E-state index contributed by atoms with van der Waals surface area (Å²) in [5.41, 5.74) is 0.256. The normalized spacial score (nSPS) is 26.9. The van der Waals surface area contributed by atoms with Crippen LogP contribution in [0.15, 0.2) is 12.2 Å². The van der Waals surface area contributed by atoms with Gasteiger partial charge in [0.1, 0.15) is 0 Å². The van der Waals surface area contributed by atoms with Crippen LogP contribution in [-0.2, 0) is 0 Å². The van der Waals surface area contributed by atoms with Crippen molar-refractivity contribution in [3.8, 4) is 0 Å². The average molecular weight is 216 g/mol. The predicted octanol–water partition coefficient (Wildman–Crippen LogP) is 3.75. The van der Waals surface area contributed by atoms with E-state index < -0.39 is 6.00 Å². The lowest BCUT2D eigenvalue weighted by Crippen LogP contribution is -2.19. The van der Waals surface area contributed by atoms with E-state index >= 15 is 0 Å². The molecule has 1 rings (SSSR count). The highest BCUT2D eigenvalue weighted by Gasteiger charge is 2.35. The Bertz CT molecular complexity index is 138. The van der Waals surface area contributed by atoms with E-state index in [1.807, 2.05) is 0 Å². The summed E-state index contributed by atoms with van der Waals surface area (Å²) in [6, 6.07) is -2.43. The summed E-state index contributed by atoms with van der Waals surface area (Å²) in [6.07, 6.45) is 7.54. The van der Waals surface area contributed by atoms with Crippen LogP contribution < -0.4 is 0 Å². The maximum absolute atomic E-state index is 5.83. The van der Waals surface area contributed by atoms with E-state index in [0.717, 1.165) is 12.8 Å². The summed E-state index contributed by atoms with van der Waals surface area (Å²) in [5, 5.41) is 0. The first-order valence-electron chi connectivity index (χ1n) is 3.34. The lowest BCUT2D eigenvalue weighted by atomic mass is 10.1. The van der Waals surface area contributed by atoms with Gasteiger partial charge in [-0.1, -0.05) is 12.2 Å². The van der Waals surface area contributed by atoms with Gasteiger partial charge in [0.25, 0.3) is 0 Å². The molecule has 1 atom stereocenters. The van der Waals surface area contributed by atoms with Crippen LogP contribution in [0, 0.1) is 0 Å². The maximum atomic E-state index is 5.83. The molecule has 10 heavy (non-hydrogen) atoms. The minimum absolute atomic E-state index is 0.256. The molecule has 0 aromatic carbocycles. The molecule has 0 saturated carbocycles. The number of allylic oxidation sites excluding steroid dienone is 2. The van der Waals surface area contributed by atoms with Gasteiger partial charge in [0.2, 0.25) is 0 Å². The maximum Gasteiger partial charge on any atom is 0.347 e. The van der Waals surface area contributed by atoms with Gasteiger partial charge in [0.15, 0.2) is 0 Å². The van der Waals surface area contributed by atoms with E-state index in [1.165, 1.54) is 6.42 Å². The van der Waals surface area contributed by atoms with Crippen molar-refractivity contribution in [2.75, 3.05) is 0 Å². The highest BCUT2D eigenvalue weighted by molar-refractivity contribution is 7.65. The van der Waals surface area contributed by atoms with Gasteiger partial charge in [-0.25, -0.2) is 0 Å². The van der Waals surface area contributed by atoms with Crippen LogP contribution in [0.25, 0.3) is 0 Å². The number of rotatable bonds is 1. The Hall–Kier alpha value is 0.827. The van der Waals surface area contributed by atoms with Crippen molar-refractivity contribution >= 4 is 39.2 Å². The van der Waals surface area contributed by atoms with Gasteiger partial charge in [0, 0.05) is 5.54 Å². The van der Waals surface area contributed by atoms with Crippen LogP contribution in [0.5, 0.6) is 0 Å². The van der Waals surface area contributed by atoms with Crippen LogP contribution >= 0.6 is 33.2 Å². The van der Waals surface area contributed by atoms with Crippen LogP contribution in [-0.4, -0.2) is 6.00 Å². The van der Waals surface area contributed by atoms with Crippen molar-refractivity contribution in [2.24, 2.45) is 0 Å². The molecule has 1 aliphatic carbocycles. The first-order chi connectivity index (χ1) is 4.61. The summed E-state index contributed by atoms with van der Waals surface area (Å²) in [6.45, 7) is 0. The minimum atomic E-state index is -2.43. The van der Waals surface area contributed by atoms with E-state index in [-0.39, 0.29) is 5.54 Å². The zero-order valence-electron chi connectivity index (χ0n) is 5.49. The lowest BCUT2D eigenvalue weighted by Gasteiger charge is -2.20. The molecule has 0 saturated heterocycles. The zero-order valence-corrected chi connectivity index (χ0v) is 8.76. The van der Waals surface area contributed by atoms with Gasteiger partial charge in [-0.15, -0.1) is 33.2 Å². The number of halogens is 3. The molecule has 4 heteroatoms. The third-order valence-electron chi connectivity index (χ3n) is 1.67. The monoisotopic (exact) mass is 214 g/mol. The summed E-state index contributed by atoms with van der Waals surface area (Å²) in [5.74, 6) is 0. The molecule has 0 unspecified atom stereocenters. The molecular weight excluding hydrogens is 207 g/mol. The summed E-state index contributed by atoms with van der Waals surface area (Å²) in [4.78, 5) is 0. The molecule has 1 aliphatic rings. The summed E-state index contributed by atoms with van der Waals surface area (Å²) < 4.78 is 0. The zero-order chi connectivity index (χ0) is 7.61. The Labute approximate surface area is 76.3 Å². The average Bonchev–Trinajstić information content (AvgIpc) is 1.88. The van der Waals surface area contributed by atoms with E-state index in [0.29, 0.717) is 0 Å². The van der Waals surface area contributed by atoms with Gasteiger partial charge < -0.3 is 0 Å². The Morgan fingerprint density at radius 2 is 2.00 bits per heavy atom. The van der Waals surface area contributed by atoms with Crippen LogP contribution in [0.3, 0.4) is 0 Å². The Kier molecular flexibility index (Phi) is 3.11. The molecule has 0 nitrogen and oxygen atoms in total. The summed E-state index contributed by atoms with van der Waals surface area (Å²) in [7, 11) is 0. The first kappa shape index (κ1) is 8.92. The van der Waals surface area contributed by atoms with E-state index in [4.69, 9.17) is 33.2 Å². The molecule has 0 N–H and O–H groups in total. The van der Waals surface area contributed by atoms with Crippen molar-refractivity contribution in [3.05, 3.63) is 12.2 Å². The number of hydrogen-bond acceptors (Lipinski definition) is 0. The first-order valence-corrected chi connectivity index (χ1v) is 8.45. The fourth-order valence-electron chi connectivity index (χ4n) is 1.09. The van der Waals surface area contributed by atoms with Gasteiger partial charge >= 0.3 is 6.00 Å². The Balaban J connectivity index is 2.55. The number of hydrogen-bond donors (Lipinski definition) is 0. The topological polar surface area (TPSA) is 0 Å². The second-order valence-electron chi connectivity index (χ2n) is 2.51. The Morgan fingerprint density at radius 1 is 1.30 bits per heavy atom. The van der Waals surface area contributed by atoms with Crippen molar-refractivity contribution in [3.63, 3.8) is 0 Å². The van der Waals surface area contributed by atoms with Crippen LogP contribution in [0.1, 0.15) is 19.3 Å². The molecule has 0 aromatic rings. The molecule has 0 amide bonds. The minimum Gasteiger partial charge on any atom is -0.125 e. The molecule has 0 spiro atoms. The fourth-order valence-corrected chi connectivity index (χ4v) is 3.61. The highest BCUT2D eigenvalue weighted by atomic mass is 35.8. The summed E-state index contributed by atoms with van der Waals surface area (Å²) >= 11 is 17.5. The van der Waals surface area contributed by atoms with Crippen molar-refractivity contribution in [1.82, 2.24) is 0 Å². The molecular formula is C6H9Cl3Si. The van der Waals surface area contributed by atoms with Gasteiger partial charge in [-0.05, 0) is 19.3 Å². The molecule has 0 bridgehead atoms. The standard InChI is InChI=1S/C6H9Cl3Si/c7-10(8,9)6-4-2-1-3-5-6/h2,4,6H,1,3,5H2/t6-/m0/s1. The SMILES string of the molecule is Cl[Si](Cl)(Cl)[C@H]1C=CCCC1. The molecule has 0 aliphatic heterocycles. The van der Waals surface area contributed by atoms with Gasteiger partial charge in [0.05, 0.1) is 0 Å². The smallest absolute Gasteiger partial charge is 0.125 e. The van der Waals surface area contributed by atoms with Crippen molar-refractivity contribution in [1.29, 1.82) is 0 Å². The third kappa shape index (κ3) is 2.46. The van der Waals surface area contributed by atoms with E-state index in [1.54, 1.807) is 0 Å². The quantitative estimate of drug-likeness (QED) is 0.355. The van der Waals surface area contributed by atoms with Crippen molar-refractivity contribution < 1.29 is 0 Å². The van der Waals surface area contributed by atoms with Crippen LogP contribution in [0.2, 0.25) is 5.54 Å². The third-order valence-corrected chi connectivity index (χ3v) is 5.52. The van der Waals surface area contributed by atoms with Gasteiger partial charge in [-0.3, -0.25) is 0 Å². The van der Waals surface area contributed by atoms with E-state index in [2.05, 4.69) is 12.2 Å².